The molecule has 5 rings (SSSR count). The first-order valence-corrected chi connectivity index (χ1v) is 15.1. The van der Waals surface area contributed by atoms with Gasteiger partial charge in [0.05, 0.1) is 18.4 Å². The number of ketones is 1. The van der Waals surface area contributed by atoms with Crippen LogP contribution in [0.4, 0.5) is 0 Å². The number of ether oxygens (including phenoxy) is 3. The summed E-state index contributed by atoms with van der Waals surface area (Å²) in [6, 6.07) is 0. The lowest BCUT2D eigenvalue weighted by molar-refractivity contribution is -0.311. The minimum Gasteiger partial charge on any atom is -0.459 e. The van der Waals surface area contributed by atoms with Crippen molar-refractivity contribution in [2.24, 2.45) is 28.6 Å². The maximum absolute atomic E-state index is 13.4. The number of aliphatic hydroxyl groups is 3. The first-order valence-electron chi connectivity index (χ1n) is 15.1. The Kier molecular flexibility index (Phi) is 8.13. The molecule has 2 saturated heterocycles. The molecular weight excluding hydrogens is 528 g/mol. The topological polar surface area (TPSA) is 140 Å². The Morgan fingerprint density at radius 1 is 1.15 bits per heavy atom. The Hall–Kier alpha value is -2.33. The maximum atomic E-state index is 13.4. The van der Waals surface area contributed by atoms with E-state index >= 15 is 0 Å². The van der Waals surface area contributed by atoms with Crippen LogP contribution in [0.5, 0.6) is 0 Å². The summed E-state index contributed by atoms with van der Waals surface area (Å²) in [5, 5.41) is 34.5. The fraction of sp³-hybridized carbons (Fsp3) is 0.719. The zero-order valence-corrected chi connectivity index (χ0v) is 24.3. The molecule has 1 spiro atoms. The second-order valence-electron chi connectivity index (χ2n) is 13.0. The first kappa shape index (κ1) is 30.1. The third kappa shape index (κ3) is 4.46. The lowest BCUT2D eigenvalue weighted by Gasteiger charge is -2.67. The fourth-order valence-electron chi connectivity index (χ4n) is 8.83. The van der Waals surface area contributed by atoms with Crippen molar-refractivity contribution in [1.29, 1.82) is 0 Å². The normalized spacial score (nSPS) is 42.9. The molecule has 9 nitrogen and oxygen atoms in total. The summed E-state index contributed by atoms with van der Waals surface area (Å²) in [5.74, 6) is -6.38. The van der Waals surface area contributed by atoms with Gasteiger partial charge in [-0.1, -0.05) is 70.3 Å². The number of carbonyl (C=O) groups excluding carboxylic acids is 3. The van der Waals surface area contributed by atoms with Crippen LogP contribution in [0, 0.1) is 28.6 Å². The molecule has 0 amide bonds. The molecule has 9 heteroatoms. The lowest BCUT2D eigenvalue weighted by Crippen LogP contribution is -2.76. The van der Waals surface area contributed by atoms with Crippen molar-refractivity contribution in [3.63, 3.8) is 0 Å². The summed E-state index contributed by atoms with van der Waals surface area (Å²) >= 11 is 0. The van der Waals surface area contributed by atoms with Crippen LogP contribution in [0.15, 0.2) is 36.0 Å². The second-order valence-corrected chi connectivity index (χ2v) is 13.0. The Labute approximate surface area is 241 Å². The largest absolute Gasteiger partial charge is 0.459 e. The Morgan fingerprint density at radius 3 is 2.59 bits per heavy atom. The predicted molar refractivity (Wildman–Crippen MR) is 148 cm³/mol. The van der Waals surface area contributed by atoms with Crippen LogP contribution < -0.4 is 0 Å². The highest BCUT2D eigenvalue weighted by Gasteiger charge is 2.83. The van der Waals surface area contributed by atoms with Crippen LogP contribution in [0.3, 0.4) is 0 Å². The highest BCUT2D eigenvalue weighted by molar-refractivity contribution is 5.96. The van der Waals surface area contributed by atoms with Gasteiger partial charge in [-0.2, -0.15) is 0 Å². The number of rotatable bonds is 10. The third-order valence-electron chi connectivity index (χ3n) is 10.7. The van der Waals surface area contributed by atoms with E-state index in [9.17, 15) is 29.7 Å². The fourth-order valence-corrected chi connectivity index (χ4v) is 8.83. The standard InChI is InChI=1S/C32H44O9/c1-5-6-7-8-9-10-11-12-13-14-23(34)41-25-24-19(3)26(35)32(38)29-30(4)20(18(2)15-21(33)27(30)36)16-22(40-28(25)37)31(24,29)17-39-32/h12-13,15,20,22,24-27,29,35-36,38H,3,5-11,14,16-17H2,1-2,4H3/b13-12+/t20-,22+,24+,25+,26+,27+,29+,30+,31-,32+/m0/s1. The molecule has 226 valence electrons. The number of carbonyl (C=O) groups is 3. The first-order chi connectivity index (χ1) is 19.4. The zero-order chi connectivity index (χ0) is 29.7. The summed E-state index contributed by atoms with van der Waals surface area (Å²) in [5.41, 5.74) is -1.59. The lowest BCUT2D eigenvalue weighted by atomic mass is 9.38. The molecule has 2 saturated carbocycles. The average molecular weight is 573 g/mol. The van der Waals surface area contributed by atoms with Gasteiger partial charge in [-0.15, -0.1) is 0 Å². The second kappa shape index (κ2) is 11.1. The van der Waals surface area contributed by atoms with Crippen LogP contribution in [0.25, 0.3) is 0 Å². The molecule has 10 atom stereocenters. The molecular formula is C32H44O9. The van der Waals surface area contributed by atoms with E-state index in [2.05, 4.69) is 13.5 Å². The Bertz CT molecular complexity index is 1160. The quantitative estimate of drug-likeness (QED) is 0.204. The van der Waals surface area contributed by atoms with Gasteiger partial charge in [-0.3, -0.25) is 9.59 Å². The molecule has 2 bridgehead atoms. The molecule has 4 fully saturated rings. The minimum absolute atomic E-state index is 0.0291. The number of fused-ring (bicyclic) bond motifs is 1. The molecule has 0 aromatic heterocycles. The van der Waals surface area contributed by atoms with Gasteiger partial charge in [0.2, 0.25) is 6.10 Å². The molecule has 3 N–H and O–H groups in total. The van der Waals surface area contributed by atoms with Crippen LogP contribution in [-0.2, 0) is 28.6 Å². The van der Waals surface area contributed by atoms with E-state index in [0.717, 1.165) is 19.3 Å². The van der Waals surface area contributed by atoms with Gasteiger partial charge in [0.25, 0.3) is 0 Å². The number of esters is 2. The number of aliphatic hydroxyl groups excluding tert-OH is 2. The van der Waals surface area contributed by atoms with E-state index in [1.54, 1.807) is 19.9 Å². The van der Waals surface area contributed by atoms with Crippen LogP contribution in [0.1, 0.15) is 78.6 Å². The number of hydrogen-bond acceptors (Lipinski definition) is 9. The summed E-state index contributed by atoms with van der Waals surface area (Å²) in [6.45, 7) is 9.60. The molecule has 0 aromatic carbocycles. The van der Waals surface area contributed by atoms with Crippen LogP contribution >= 0.6 is 0 Å². The van der Waals surface area contributed by atoms with E-state index in [4.69, 9.17) is 14.2 Å². The maximum Gasteiger partial charge on any atom is 0.348 e. The summed E-state index contributed by atoms with van der Waals surface area (Å²) in [4.78, 5) is 39.2. The van der Waals surface area contributed by atoms with Gasteiger partial charge in [-0.25, -0.2) is 4.79 Å². The minimum atomic E-state index is -2.17. The van der Waals surface area contributed by atoms with Crippen molar-refractivity contribution in [3.8, 4) is 0 Å². The zero-order valence-electron chi connectivity index (χ0n) is 24.3. The van der Waals surface area contributed by atoms with E-state index in [1.807, 2.05) is 6.08 Å². The van der Waals surface area contributed by atoms with Crippen LogP contribution in [0.2, 0.25) is 0 Å². The molecule has 41 heavy (non-hydrogen) atoms. The molecule has 0 unspecified atom stereocenters. The highest BCUT2D eigenvalue weighted by Crippen LogP contribution is 2.73. The third-order valence-corrected chi connectivity index (χ3v) is 10.7. The molecule has 2 aliphatic heterocycles. The Morgan fingerprint density at radius 2 is 1.85 bits per heavy atom. The summed E-state index contributed by atoms with van der Waals surface area (Å²) in [6.07, 6.45) is 7.98. The smallest absolute Gasteiger partial charge is 0.348 e. The summed E-state index contributed by atoms with van der Waals surface area (Å²) < 4.78 is 17.6. The van der Waals surface area contributed by atoms with Crippen molar-refractivity contribution < 1.29 is 43.9 Å². The van der Waals surface area contributed by atoms with Crippen molar-refractivity contribution >= 4 is 17.7 Å². The molecule has 0 aromatic rings. The van der Waals surface area contributed by atoms with Gasteiger partial charge in [0, 0.05) is 17.3 Å². The number of hydrogen-bond donors (Lipinski definition) is 3. The average Bonchev–Trinajstić information content (AvgIpc) is 3.22. The van der Waals surface area contributed by atoms with Crippen molar-refractivity contribution in [2.75, 3.05) is 6.61 Å². The van der Waals surface area contributed by atoms with Crippen LogP contribution in [-0.4, -0.2) is 69.9 Å². The van der Waals surface area contributed by atoms with Gasteiger partial charge >= 0.3 is 11.9 Å². The van der Waals surface area contributed by atoms with E-state index in [1.165, 1.54) is 31.8 Å². The number of allylic oxidation sites excluding steroid dienone is 2. The van der Waals surface area contributed by atoms with E-state index in [0.29, 0.717) is 5.57 Å². The molecule has 5 aliphatic rings. The monoisotopic (exact) mass is 572 g/mol. The van der Waals surface area contributed by atoms with E-state index < -0.39 is 76.5 Å². The molecule has 2 heterocycles. The van der Waals surface area contributed by atoms with Gasteiger partial charge in [-0.05, 0) is 43.8 Å². The summed E-state index contributed by atoms with van der Waals surface area (Å²) in [7, 11) is 0. The van der Waals surface area contributed by atoms with Gasteiger partial charge in [0.1, 0.15) is 18.3 Å². The highest BCUT2D eigenvalue weighted by atomic mass is 16.7. The SMILES string of the molecule is C=C1[C@@H](O)[C@@]2(O)OC[C@@]34[C@H]1[C@@H](OC(=O)C/C=C/CCCCCCCC)C(=O)O[C@@H]3C[C@H]1C(C)=CC(=O)[C@@H](O)[C@]1(C)[C@@H]24. The van der Waals surface area contributed by atoms with Crippen molar-refractivity contribution in [1.82, 2.24) is 0 Å². The predicted octanol–water partition coefficient (Wildman–Crippen LogP) is 3.30. The van der Waals surface area contributed by atoms with Crippen molar-refractivity contribution in [3.05, 3.63) is 36.0 Å². The number of unbranched alkanes of at least 4 members (excludes halogenated alkanes) is 6. The van der Waals surface area contributed by atoms with Gasteiger partial charge in [0.15, 0.2) is 11.6 Å². The van der Waals surface area contributed by atoms with Gasteiger partial charge < -0.3 is 29.5 Å². The molecule has 0 radical (unpaired) electrons. The molecule has 3 aliphatic carbocycles. The van der Waals surface area contributed by atoms with E-state index in [-0.39, 0.29) is 25.0 Å². The Balaban J connectivity index is 1.38. The van der Waals surface area contributed by atoms with Crippen molar-refractivity contribution in [2.45, 2.75) is 109 Å².